The standard InChI is InChI=1S/C11H16O4/c1-6-5-8(12)7-3-4-11(6,9(7)13)10(14)15-2/h6-8,12H,3-5H2,1-2H3/t6-,7-,8-,11+/m1/s1. The number of carbonyl (C=O) groups excluding carboxylic acids is 2. The molecule has 0 amide bonds. The summed E-state index contributed by atoms with van der Waals surface area (Å²) in [5, 5.41) is 9.73. The highest BCUT2D eigenvalue weighted by Gasteiger charge is 2.62. The minimum Gasteiger partial charge on any atom is -0.468 e. The number of aliphatic hydroxyl groups is 1. The quantitative estimate of drug-likeness (QED) is 0.508. The third kappa shape index (κ3) is 1.17. The Balaban J connectivity index is 2.40. The van der Waals surface area contributed by atoms with Crippen molar-refractivity contribution in [3.63, 3.8) is 0 Å². The Morgan fingerprint density at radius 3 is 2.87 bits per heavy atom. The number of hydrogen-bond donors (Lipinski definition) is 1. The second-order valence-corrected chi connectivity index (χ2v) is 4.68. The molecular formula is C11H16O4. The van der Waals surface area contributed by atoms with Crippen molar-refractivity contribution < 1.29 is 19.4 Å². The second-order valence-electron chi connectivity index (χ2n) is 4.68. The molecule has 0 radical (unpaired) electrons. The van der Waals surface area contributed by atoms with Crippen LogP contribution in [0.1, 0.15) is 26.2 Å². The van der Waals surface area contributed by atoms with Gasteiger partial charge in [-0.25, -0.2) is 0 Å². The van der Waals surface area contributed by atoms with Gasteiger partial charge in [-0.05, 0) is 25.2 Å². The molecule has 2 aliphatic rings. The van der Waals surface area contributed by atoms with E-state index in [0.717, 1.165) is 0 Å². The molecule has 0 aromatic heterocycles. The molecule has 84 valence electrons. The van der Waals surface area contributed by atoms with Crippen molar-refractivity contribution in [3.05, 3.63) is 0 Å². The van der Waals surface area contributed by atoms with Crippen molar-refractivity contribution in [2.75, 3.05) is 7.11 Å². The van der Waals surface area contributed by atoms with Crippen LogP contribution in [0, 0.1) is 17.3 Å². The van der Waals surface area contributed by atoms with E-state index < -0.39 is 17.5 Å². The molecule has 0 aromatic carbocycles. The van der Waals surface area contributed by atoms with Crippen molar-refractivity contribution >= 4 is 11.8 Å². The van der Waals surface area contributed by atoms with Gasteiger partial charge in [0.1, 0.15) is 5.41 Å². The summed E-state index contributed by atoms with van der Waals surface area (Å²) in [6.07, 6.45) is 1.08. The van der Waals surface area contributed by atoms with Crippen LogP contribution in [0.3, 0.4) is 0 Å². The lowest BCUT2D eigenvalue weighted by molar-refractivity contribution is -0.165. The molecule has 2 saturated carbocycles. The van der Waals surface area contributed by atoms with Gasteiger partial charge in [-0.15, -0.1) is 0 Å². The van der Waals surface area contributed by atoms with Gasteiger partial charge in [0.05, 0.1) is 13.2 Å². The van der Waals surface area contributed by atoms with Crippen LogP contribution in [0.2, 0.25) is 0 Å². The van der Waals surface area contributed by atoms with E-state index in [1.54, 1.807) is 0 Å². The van der Waals surface area contributed by atoms with Gasteiger partial charge in [0, 0.05) is 5.92 Å². The number of ether oxygens (including phenoxy) is 1. The molecule has 0 aliphatic heterocycles. The van der Waals surface area contributed by atoms with Crippen LogP contribution in [-0.4, -0.2) is 30.1 Å². The molecule has 1 N–H and O–H groups in total. The third-order valence-corrected chi connectivity index (χ3v) is 4.08. The van der Waals surface area contributed by atoms with Crippen LogP contribution in [0.25, 0.3) is 0 Å². The predicted octanol–water partition coefficient (Wildman–Crippen LogP) is 0.526. The summed E-state index contributed by atoms with van der Waals surface area (Å²) in [5.74, 6) is -0.999. The third-order valence-electron chi connectivity index (χ3n) is 4.08. The van der Waals surface area contributed by atoms with Gasteiger partial charge in [0.15, 0.2) is 5.78 Å². The summed E-state index contributed by atoms with van der Waals surface area (Å²) in [6, 6.07) is 0. The molecule has 0 heterocycles. The fraction of sp³-hybridized carbons (Fsp3) is 0.818. The summed E-state index contributed by atoms with van der Waals surface area (Å²) in [6.45, 7) is 1.85. The largest absolute Gasteiger partial charge is 0.468 e. The van der Waals surface area contributed by atoms with E-state index in [4.69, 9.17) is 4.74 Å². The zero-order valence-electron chi connectivity index (χ0n) is 9.03. The maximum Gasteiger partial charge on any atom is 0.319 e. The van der Waals surface area contributed by atoms with Crippen molar-refractivity contribution in [1.82, 2.24) is 0 Å². The molecule has 4 atom stereocenters. The number of ketones is 1. The van der Waals surface area contributed by atoms with Crippen LogP contribution in [0.15, 0.2) is 0 Å². The van der Waals surface area contributed by atoms with Crippen molar-refractivity contribution in [2.24, 2.45) is 17.3 Å². The van der Waals surface area contributed by atoms with Gasteiger partial charge < -0.3 is 9.84 Å². The van der Waals surface area contributed by atoms with Crippen LogP contribution in [-0.2, 0) is 14.3 Å². The maximum atomic E-state index is 12.1. The van der Waals surface area contributed by atoms with E-state index in [2.05, 4.69) is 0 Å². The minimum absolute atomic E-state index is 0.111. The number of rotatable bonds is 1. The van der Waals surface area contributed by atoms with Crippen LogP contribution in [0.4, 0.5) is 0 Å². The number of carbonyl (C=O) groups is 2. The number of hydrogen-bond acceptors (Lipinski definition) is 4. The topological polar surface area (TPSA) is 63.6 Å². The van der Waals surface area contributed by atoms with Crippen molar-refractivity contribution in [2.45, 2.75) is 32.3 Å². The van der Waals surface area contributed by atoms with E-state index in [1.165, 1.54) is 7.11 Å². The lowest BCUT2D eigenvalue weighted by Gasteiger charge is -2.37. The van der Waals surface area contributed by atoms with E-state index in [-0.39, 0.29) is 17.6 Å². The average Bonchev–Trinajstić information content (AvgIpc) is 2.48. The Kier molecular flexibility index (Phi) is 2.34. The summed E-state index contributed by atoms with van der Waals surface area (Å²) in [4.78, 5) is 23.8. The molecule has 15 heavy (non-hydrogen) atoms. The van der Waals surface area contributed by atoms with Crippen LogP contribution >= 0.6 is 0 Å². The highest BCUT2D eigenvalue weighted by Crippen LogP contribution is 2.52. The first kappa shape index (κ1) is 10.6. The highest BCUT2D eigenvalue weighted by molar-refractivity contribution is 6.07. The minimum atomic E-state index is -0.960. The summed E-state index contributed by atoms with van der Waals surface area (Å²) < 4.78 is 4.75. The van der Waals surface area contributed by atoms with Gasteiger partial charge in [-0.2, -0.15) is 0 Å². The van der Waals surface area contributed by atoms with Gasteiger partial charge in [-0.1, -0.05) is 6.92 Å². The lowest BCUT2D eigenvalue weighted by Crippen LogP contribution is -2.50. The molecule has 0 unspecified atom stereocenters. The monoisotopic (exact) mass is 212 g/mol. The molecular weight excluding hydrogens is 196 g/mol. The van der Waals surface area contributed by atoms with Crippen LogP contribution in [0.5, 0.6) is 0 Å². The first-order valence-corrected chi connectivity index (χ1v) is 5.35. The predicted molar refractivity (Wildman–Crippen MR) is 52.0 cm³/mol. The van der Waals surface area contributed by atoms with Gasteiger partial charge in [-0.3, -0.25) is 9.59 Å². The second kappa shape index (κ2) is 3.30. The normalized spacial score (nSPS) is 44.2. The number of methoxy groups -OCH3 is 1. The fourth-order valence-corrected chi connectivity index (χ4v) is 3.14. The molecule has 0 aromatic rings. The zero-order chi connectivity index (χ0) is 11.2. The smallest absolute Gasteiger partial charge is 0.319 e. The van der Waals surface area contributed by atoms with Crippen LogP contribution < -0.4 is 0 Å². The Morgan fingerprint density at radius 2 is 2.27 bits per heavy atom. The maximum absolute atomic E-state index is 12.1. The van der Waals surface area contributed by atoms with E-state index in [9.17, 15) is 14.7 Å². The van der Waals surface area contributed by atoms with Gasteiger partial charge in [0.25, 0.3) is 0 Å². The van der Waals surface area contributed by atoms with E-state index in [1.807, 2.05) is 6.92 Å². The Labute approximate surface area is 88.6 Å². The Bertz CT molecular complexity index is 312. The van der Waals surface area contributed by atoms with E-state index in [0.29, 0.717) is 19.3 Å². The first-order valence-electron chi connectivity index (χ1n) is 5.35. The summed E-state index contributed by atoms with van der Waals surface area (Å²) in [7, 11) is 1.31. The Morgan fingerprint density at radius 1 is 1.60 bits per heavy atom. The molecule has 2 aliphatic carbocycles. The molecule has 2 rings (SSSR count). The van der Waals surface area contributed by atoms with E-state index >= 15 is 0 Å². The SMILES string of the molecule is COC(=O)[C@]12CC[C@@H](C1=O)[C@H](O)C[C@H]2C. The fourth-order valence-electron chi connectivity index (χ4n) is 3.14. The lowest BCUT2D eigenvalue weighted by atomic mass is 9.66. The Hall–Kier alpha value is -0.900. The molecule has 0 saturated heterocycles. The number of aliphatic hydroxyl groups excluding tert-OH is 1. The molecule has 2 bridgehead atoms. The highest BCUT2D eigenvalue weighted by atomic mass is 16.5. The summed E-state index contributed by atoms with van der Waals surface area (Å²) >= 11 is 0. The average molecular weight is 212 g/mol. The summed E-state index contributed by atoms with van der Waals surface area (Å²) in [5.41, 5.74) is -0.960. The first-order chi connectivity index (χ1) is 7.04. The van der Waals surface area contributed by atoms with Gasteiger partial charge in [0.2, 0.25) is 0 Å². The van der Waals surface area contributed by atoms with Crippen molar-refractivity contribution in [1.29, 1.82) is 0 Å². The van der Waals surface area contributed by atoms with Gasteiger partial charge >= 0.3 is 5.97 Å². The number of Topliss-reactive ketones (excluding diaryl/α,β-unsaturated/α-hetero) is 1. The molecule has 0 spiro atoms. The molecule has 4 heteroatoms. The molecule has 4 nitrogen and oxygen atoms in total. The number of fused-ring (bicyclic) bond motifs is 2. The molecule has 2 fully saturated rings. The number of esters is 1. The van der Waals surface area contributed by atoms with Crippen molar-refractivity contribution in [3.8, 4) is 0 Å². The zero-order valence-corrected chi connectivity index (χ0v) is 9.03.